The Morgan fingerprint density at radius 1 is 1.10 bits per heavy atom. The second kappa shape index (κ2) is 5.11. The summed E-state index contributed by atoms with van der Waals surface area (Å²) in [6, 6.07) is 20.3. The lowest BCUT2D eigenvalue weighted by molar-refractivity contribution is 0.110. The minimum Gasteiger partial charge on any atom is -0.391 e. The van der Waals surface area contributed by atoms with Crippen LogP contribution in [-0.2, 0) is 18.3 Å². The molecule has 0 spiro atoms. The van der Waals surface area contributed by atoms with Crippen LogP contribution in [0, 0.1) is 11.3 Å². The molecule has 0 radical (unpaired) electrons. The van der Waals surface area contributed by atoms with E-state index in [0.717, 1.165) is 17.5 Å². The van der Waals surface area contributed by atoms with Crippen molar-refractivity contribution in [2.45, 2.75) is 30.8 Å². The van der Waals surface area contributed by atoms with Gasteiger partial charge in [0.05, 0.1) is 12.2 Å². The molecule has 1 N–H and O–H groups in total. The van der Waals surface area contributed by atoms with Crippen molar-refractivity contribution in [3.8, 4) is 6.07 Å². The Bertz CT molecular complexity index is 644. The van der Waals surface area contributed by atoms with Crippen LogP contribution in [0.2, 0.25) is 0 Å². The molecule has 20 heavy (non-hydrogen) atoms. The first-order valence-electron chi connectivity index (χ1n) is 6.98. The van der Waals surface area contributed by atoms with E-state index >= 15 is 0 Å². The summed E-state index contributed by atoms with van der Waals surface area (Å²) >= 11 is 0. The molecular formula is C18H17NO. The van der Waals surface area contributed by atoms with E-state index in [1.807, 2.05) is 48.5 Å². The van der Waals surface area contributed by atoms with E-state index in [0.29, 0.717) is 12.8 Å². The van der Waals surface area contributed by atoms with E-state index in [2.05, 4.69) is 12.1 Å². The molecule has 100 valence electrons. The minimum atomic E-state index is -0.758. The van der Waals surface area contributed by atoms with E-state index in [1.165, 1.54) is 5.56 Å². The second-order valence-corrected chi connectivity index (χ2v) is 5.45. The van der Waals surface area contributed by atoms with Gasteiger partial charge in [-0.15, -0.1) is 0 Å². The average Bonchev–Trinajstić information content (AvgIpc) is 2.88. The third kappa shape index (κ3) is 2.01. The molecule has 0 bridgehead atoms. The SMILES string of the molecule is N#C[C@@]1([C@@H](O)Cc2ccccc2)CCc2ccccc21. The lowest BCUT2D eigenvalue weighted by Gasteiger charge is -2.28. The zero-order valence-electron chi connectivity index (χ0n) is 11.3. The van der Waals surface area contributed by atoms with Crippen molar-refractivity contribution in [3.05, 3.63) is 71.3 Å². The molecule has 0 amide bonds. The molecule has 0 aromatic heterocycles. The van der Waals surface area contributed by atoms with Crippen LogP contribution in [0.15, 0.2) is 54.6 Å². The van der Waals surface area contributed by atoms with Gasteiger partial charge in [0, 0.05) is 6.42 Å². The fraction of sp³-hybridized carbons (Fsp3) is 0.278. The fourth-order valence-corrected chi connectivity index (χ4v) is 3.19. The van der Waals surface area contributed by atoms with E-state index in [-0.39, 0.29) is 0 Å². The summed E-state index contributed by atoms with van der Waals surface area (Å²) in [4.78, 5) is 0. The maximum absolute atomic E-state index is 10.7. The van der Waals surface area contributed by atoms with Crippen molar-refractivity contribution in [3.63, 3.8) is 0 Å². The van der Waals surface area contributed by atoms with Gasteiger partial charge in [-0.2, -0.15) is 5.26 Å². The fourth-order valence-electron chi connectivity index (χ4n) is 3.19. The summed E-state index contributed by atoms with van der Waals surface area (Å²) < 4.78 is 0. The highest BCUT2D eigenvalue weighted by Crippen LogP contribution is 2.41. The average molecular weight is 263 g/mol. The van der Waals surface area contributed by atoms with Gasteiger partial charge < -0.3 is 5.11 Å². The van der Waals surface area contributed by atoms with E-state index in [4.69, 9.17) is 0 Å². The van der Waals surface area contributed by atoms with Crippen molar-refractivity contribution in [1.29, 1.82) is 5.26 Å². The summed E-state index contributed by atoms with van der Waals surface area (Å²) in [7, 11) is 0. The van der Waals surface area contributed by atoms with Crippen LogP contribution in [-0.4, -0.2) is 11.2 Å². The van der Waals surface area contributed by atoms with Crippen molar-refractivity contribution in [1.82, 2.24) is 0 Å². The first-order valence-corrected chi connectivity index (χ1v) is 6.98. The summed E-state index contributed by atoms with van der Waals surface area (Å²) in [5.41, 5.74) is 2.51. The lowest BCUT2D eigenvalue weighted by atomic mass is 9.76. The molecule has 2 atom stereocenters. The molecule has 0 aliphatic heterocycles. The number of nitriles is 1. The molecular weight excluding hydrogens is 246 g/mol. The van der Waals surface area contributed by atoms with Crippen LogP contribution in [0.25, 0.3) is 0 Å². The van der Waals surface area contributed by atoms with Crippen LogP contribution in [0.1, 0.15) is 23.1 Å². The van der Waals surface area contributed by atoms with E-state index in [1.54, 1.807) is 0 Å². The summed E-state index contributed by atoms with van der Waals surface area (Å²) in [6.07, 6.45) is 1.42. The van der Waals surface area contributed by atoms with Gasteiger partial charge in [0.2, 0.25) is 0 Å². The third-order valence-electron chi connectivity index (χ3n) is 4.33. The zero-order valence-corrected chi connectivity index (χ0v) is 11.3. The summed E-state index contributed by atoms with van der Waals surface area (Å²) in [5, 5.41) is 20.4. The van der Waals surface area contributed by atoms with Gasteiger partial charge in [0.1, 0.15) is 5.41 Å². The van der Waals surface area contributed by atoms with Crippen molar-refractivity contribution < 1.29 is 5.11 Å². The molecule has 0 fully saturated rings. The predicted molar refractivity (Wildman–Crippen MR) is 78.2 cm³/mol. The number of hydrogen-bond acceptors (Lipinski definition) is 2. The molecule has 2 nitrogen and oxygen atoms in total. The van der Waals surface area contributed by atoms with Gasteiger partial charge in [-0.1, -0.05) is 54.6 Å². The Morgan fingerprint density at radius 3 is 2.55 bits per heavy atom. The number of nitrogens with zero attached hydrogens (tertiary/aromatic N) is 1. The first kappa shape index (κ1) is 12.9. The quantitative estimate of drug-likeness (QED) is 0.925. The molecule has 3 rings (SSSR count). The Morgan fingerprint density at radius 2 is 1.80 bits per heavy atom. The molecule has 0 unspecified atom stereocenters. The summed E-state index contributed by atoms with van der Waals surface area (Å²) in [5.74, 6) is 0. The van der Waals surface area contributed by atoms with Crippen molar-refractivity contribution in [2.75, 3.05) is 0 Å². The van der Waals surface area contributed by atoms with Gasteiger partial charge in [0.15, 0.2) is 0 Å². The highest BCUT2D eigenvalue weighted by molar-refractivity contribution is 5.45. The zero-order chi connectivity index (χ0) is 14.0. The van der Waals surface area contributed by atoms with Crippen LogP contribution >= 0.6 is 0 Å². The number of aryl methyl sites for hydroxylation is 1. The smallest absolute Gasteiger partial charge is 0.109 e. The number of fused-ring (bicyclic) bond motifs is 1. The Labute approximate surface area is 119 Å². The number of hydrogen-bond donors (Lipinski definition) is 1. The van der Waals surface area contributed by atoms with E-state index in [9.17, 15) is 10.4 Å². The molecule has 2 aromatic rings. The topological polar surface area (TPSA) is 44.0 Å². The second-order valence-electron chi connectivity index (χ2n) is 5.45. The summed E-state index contributed by atoms with van der Waals surface area (Å²) in [6.45, 7) is 0. The molecule has 2 aromatic carbocycles. The number of aliphatic hydroxyl groups excluding tert-OH is 1. The van der Waals surface area contributed by atoms with Gasteiger partial charge in [0.25, 0.3) is 0 Å². The third-order valence-corrected chi connectivity index (χ3v) is 4.33. The van der Waals surface area contributed by atoms with Gasteiger partial charge in [-0.3, -0.25) is 0 Å². The number of aliphatic hydroxyl groups is 1. The monoisotopic (exact) mass is 263 g/mol. The largest absolute Gasteiger partial charge is 0.391 e. The van der Waals surface area contributed by atoms with Crippen molar-refractivity contribution >= 4 is 0 Å². The van der Waals surface area contributed by atoms with Crippen molar-refractivity contribution in [2.24, 2.45) is 0 Å². The Hall–Kier alpha value is -2.11. The standard InChI is InChI=1S/C18H17NO/c19-13-18(11-10-15-8-4-5-9-16(15)18)17(20)12-14-6-2-1-3-7-14/h1-9,17,20H,10-12H2/t17-,18-/m0/s1. The maximum Gasteiger partial charge on any atom is 0.109 e. The maximum atomic E-state index is 10.7. The van der Waals surface area contributed by atoms with Gasteiger partial charge in [-0.05, 0) is 29.5 Å². The van der Waals surface area contributed by atoms with Crippen LogP contribution in [0.4, 0.5) is 0 Å². The van der Waals surface area contributed by atoms with E-state index < -0.39 is 11.5 Å². The number of benzene rings is 2. The number of rotatable bonds is 3. The molecule has 0 saturated carbocycles. The highest BCUT2D eigenvalue weighted by atomic mass is 16.3. The lowest BCUT2D eigenvalue weighted by Crippen LogP contribution is -2.37. The molecule has 0 heterocycles. The normalized spacial score (nSPS) is 22.0. The highest BCUT2D eigenvalue weighted by Gasteiger charge is 2.44. The molecule has 1 aliphatic carbocycles. The van der Waals surface area contributed by atoms with Crippen LogP contribution in [0.5, 0.6) is 0 Å². The Kier molecular flexibility index (Phi) is 3.30. The van der Waals surface area contributed by atoms with Crippen LogP contribution in [0.3, 0.4) is 0 Å². The van der Waals surface area contributed by atoms with Gasteiger partial charge in [-0.25, -0.2) is 0 Å². The predicted octanol–water partition coefficient (Wildman–Crippen LogP) is 3.00. The first-order chi connectivity index (χ1) is 9.76. The van der Waals surface area contributed by atoms with Crippen LogP contribution < -0.4 is 0 Å². The Balaban J connectivity index is 1.93. The molecule has 0 saturated heterocycles. The molecule has 2 heteroatoms. The minimum absolute atomic E-state index is 0.517. The van der Waals surface area contributed by atoms with Gasteiger partial charge >= 0.3 is 0 Å². The molecule has 1 aliphatic rings.